The molecule has 3 nitrogen and oxygen atoms in total. The highest BCUT2D eigenvalue weighted by Crippen LogP contribution is 2.33. The molecule has 0 bridgehead atoms. The van der Waals surface area contributed by atoms with E-state index >= 15 is 0 Å². The highest BCUT2D eigenvalue weighted by atomic mass is 32.2. The fraction of sp³-hybridized carbons (Fsp3) is 0.625. The van der Waals surface area contributed by atoms with Gasteiger partial charge in [0.15, 0.2) is 0 Å². The molecule has 0 heterocycles. The fourth-order valence-electron chi connectivity index (χ4n) is 2.81. The minimum absolute atomic E-state index is 0.136. The van der Waals surface area contributed by atoms with Crippen molar-refractivity contribution in [2.24, 2.45) is 5.92 Å². The van der Waals surface area contributed by atoms with Crippen molar-refractivity contribution in [3.8, 4) is 0 Å². The Hall–Kier alpha value is -0.870. The van der Waals surface area contributed by atoms with Gasteiger partial charge in [-0.1, -0.05) is 43.9 Å². The summed E-state index contributed by atoms with van der Waals surface area (Å²) in [6.07, 6.45) is 6.31. The van der Waals surface area contributed by atoms with Crippen LogP contribution in [0.2, 0.25) is 0 Å². The maximum atomic E-state index is 12.2. The molecule has 1 saturated carbocycles. The minimum atomic E-state index is -3.60. The Labute approximate surface area is 122 Å². The van der Waals surface area contributed by atoms with Gasteiger partial charge in [-0.05, 0) is 44.2 Å². The minimum Gasteiger partial charge on any atom is -0.263 e. The molecule has 1 aromatic carbocycles. The second-order valence-electron chi connectivity index (χ2n) is 5.81. The number of rotatable bonds is 6. The first-order valence-electron chi connectivity index (χ1n) is 7.51. The summed E-state index contributed by atoms with van der Waals surface area (Å²) >= 11 is 0. The molecule has 2 atom stereocenters. The molecule has 0 N–H and O–H groups in total. The third kappa shape index (κ3) is 4.06. The zero-order valence-corrected chi connectivity index (χ0v) is 13.2. The van der Waals surface area contributed by atoms with Gasteiger partial charge < -0.3 is 0 Å². The van der Waals surface area contributed by atoms with Crippen LogP contribution in [0.4, 0.5) is 0 Å². The van der Waals surface area contributed by atoms with Crippen molar-refractivity contribution in [3.63, 3.8) is 0 Å². The first-order chi connectivity index (χ1) is 9.51. The molecule has 0 radical (unpaired) electrons. The van der Waals surface area contributed by atoms with Crippen LogP contribution < -0.4 is 0 Å². The van der Waals surface area contributed by atoms with E-state index in [1.807, 2.05) is 6.92 Å². The summed E-state index contributed by atoms with van der Waals surface area (Å²) in [4.78, 5) is 0.264. The van der Waals surface area contributed by atoms with Gasteiger partial charge in [-0.25, -0.2) is 0 Å². The van der Waals surface area contributed by atoms with Gasteiger partial charge in [0.25, 0.3) is 10.1 Å². The lowest BCUT2D eigenvalue weighted by Gasteiger charge is -2.13. The molecule has 2 rings (SSSR count). The molecule has 1 fully saturated rings. The van der Waals surface area contributed by atoms with E-state index in [-0.39, 0.29) is 11.0 Å². The van der Waals surface area contributed by atoms with Crippen molar-refractivity contribution in [2.45, 2.75) is 63.4 Å². The first kappa shape index (κ1) is 15.5. The third-order valence-corrected chi connectivity index (χ3v) is 5.41. The summed E-state index contributed by atoms with van der Waals surface area (Å²) in [5.41, 5.74) is 1.05. The van der Waals surface area contributed by atoms with Gasteiger partial charge in [0.2, 0.25) is 0 Å². The van der Waals surface area contributed by atoms with Crippen molar-refractivity contribution in [2.75, 3.05) is 0 Å². The monoisotopic (exact) mass is 296 g/mol. The number of hydrogen-bond acceptors (Lipinski definition) is 3. The van der Waals surface area contributed by atoms with E-state index < -0.39 is 10.1 Å². The quantitative estimate of drug-likeness (QED) is 0.744. The summed E-state index contributed by atoms with van der Waals surface area (Å²) < 4.78 is 29.8. The molecule has 1 aliphatic carbocycles. The summed E-state index contributed by atoms with van der Waals surface area (Å²) in [7, 11) is -3.60. The molecular weight excluding hydrogens is 272 g/mol. The molecule has 0 spiro atoms. The molecule has 1 unspecified atom stereocenters. The highest BCUT2D eigenvalue weighted by molar-refractivity contribution is 7.86. The van der Waals surface area contributed by atoms with Gasteiger partial charge in [0, 0.05) is 0 Å². The lowest BCUT2D eigenvalue weighted by atomic mass is 10.0. The average molecular weight is 296 g/mol. The number of benzene rings is 1. The van der Waals surface area contributed by atoms with Crippen molar-refractivity contribution < 1.29 is 12.6 Å². The summed E-state index contributed by atoms with van der Waals surface area (Å²) in [6.45, 7) is 4.12. The van der Waals surface area contributed by atoms with Crippen LogP contribution in [0.1, 0.15) is 51.0 Å². The highest BCUT2D eigenvalue weighted by Gasteiger charge is 2.29. The van der Waals surface area contributed by atoms with Crippen LogP contribution >= 0.6 is 0 Å². The Bertz CT molecular complexity index is 519. The Morgan fingerprint density at radius 2 is 1.90 bits per heavy atom. The standard InChI is InChI=1S/C16H24O3S/c1-3-4-5-14-8-9-15(12-14)19-20(17,18)16-10-6-13(2)7-11-16/h6-7,10-11,14-15H,3-5,8-9,12H2,1-2H3/t14-,15?/m0/s1. The van der Waals surface area contributed by atoms with E-state index in [0.29, 0.717) is 5.92 Å². The molecule has 0 aliphatic heterocycles. The smallest absolute Gasteiger partial charge is 0.263 e. The predicted octanol–water partition coefficient (Wildman–Crippen LogP) is 4.06. The third-order valence-electron chi connectivity index (χ3n) is 4.03. The molecule has 4 heteroatoms. The molecule has 112 valence electrons. The van der Waals surface area contributed by atoms with Gasteiger partial charge >= 0.3 is 0 Å². The van der Waals surface area contributed by atoms with Crippen LogP contribution in [-0.4, -0.2) is 14.5 Å². The van der Waals surface area contributed by atoms with E-state index in [1.54, 1.807) is 24.3 Å². The Balaban J connectivity index is 1.94. The second-order valence-corrected chi connectivity index (χ2v) is 7.38. The maximum absolute atomic E-state index is 12.2. The molecule has 20 heavy (non-hydrogen) atoms. The van der Waals surface area contributed by atoms with Crippen LogP contribution in [0.15, 0.2) is 29.2 Å². The van der Waals surface area contributed by atoms with Crippen LogP contribution in [0.3, 0.4) is 0 Å². The van der Waals surface area contributed by atoms with Crippen molar-refractivity contribution in [1.82, 2.24) is 0 Å². The molecule has 0 saturated heterocycles. The van der Waals surface area contributed by atoms with E-state index in [4.69, 9.17) is 4.18 Å². The SMILES string of the molecule is CCCC[C@H]1CCC(OS(=O)(=O)c2ccc(C)cc2)C1. The summed E-state index contributed by atoms with van der Waals surface area (Å²) in [6, 6.07) is 6.84. The first-order valence-corrected chi connectivity index (χ1v) is 8.92. The Kier molecular flexibility index (Phi) is 5.22. The van der Waals surface area contributed by atoms with Crippen LogP contribution in [0, 0.1) is 12.8 Å². The molecule has 1 aliphatic rings. The zero-order valence-electron chi connectivity index (χ0n) is 12.3. The van der Waals surface area contributed by atoms with Gasteiger partial charge in [-0.2, -0.15) is 8.42 Å². The molecule has 0 amide bonds. The lowest BCUT2D eigenvalue weighted by Crippen LogP contribution is -2.16. The lowest BCUT2D eigenvalue weighted by molar-refractivity contribution is 0.210. The van der Waals surface area contributed by atoms with Gasteiger partial charge in [-0.15, -0.1) is 0 Å². The molecular formula is C16H24O3S. The van der Waals surface area contributed by atoms with Gasteiger partial charge in [0.1, 0.15) is 0 Å². The predicted molar refractivity (Wildman–Crippen MR) is 80.1 cm³/mol. The topological polar surface area (TPSA) is 43.4 Å². The van der Waals surface area contributed by atoms with Crippen molar-refractivity contribution >= 4 is 10.1 Å². The number of hydrogen-bond donors (Lipinski definition) is 0. The van der Waals surface area contributed by atoms with Crippen molar-refractivity contribution in [3.05, 3.63) is 29.8 Å². The van der Waals surface area contributed by atoms with E-state index in [2.05, 4.69) is 6.92 Å². The molecule has 1 aromatic rings. The van der Waals surface area contributed by atoms with Gasteiger partial charge in [0.05, 0.1) is 11.0 Å². The Morgan fingerprint density at radius 1 is 1.20 bits per heavy atom. The van der Waals surface area contributed by atoms with Gasteiger partial charge in [-0.3, -0.25) is 4.18 Å². The molecule has 0 aromatic heterocycles. The Morgan fingerprint density at radius 3 is 2.55 bits per heavy atom. The van der Waals surface area contributed by atoms with E-state index in [0.717, 1.165) is 24.8 Å². The van der Waals surface area contributed by atoms with E-state index in [1.165, 1.54) is 19.3 Å². The summed E-state index contributed by atoms with van der Waals surface area (Å²) in [5, 5.41) is 0. The summed E-state index contributed by atoms with van der Waals surface area (Å²) in [5.74, 6) is 0.633. The number of aryl methyl sites for hydroxylation is 1. The van der Waals surface area contributed by atoms with Crippen molar-refractivity contribution in [1.29, 1.82) is 0 Å². The normalized spacial score (nSPS) is 23.1. The van der Waals surface area contributed by atoms with Crippen LogP contribution in [0.25, 0.3) is 0 Å². The average Bonchev–Trinajstić information content (AvgIpc) is 2.83. The van der Waals surface area contributed by atoms with Crippen LogP contribution in [0.5, 0.6) is 0 Å². The van der Waals surface area contributed by atoms with Crippen LogP contribution in [-0.2, 0) is 14.3 Å². The van der Waals surface area contributed by atoms with E-state index in [9.17, 15) is 8.42 Å². The largest absolute Gasteiger partial charge is 0.297 e. The fourth-order valence-corrected chi connectivity index (χ4v) is 3.92. The zero-order chi connectivity index (χ0) is 14.6. The second kappa shape index (κ2) is 6.72. The number of unbranched alkanes of at least 4 members (excludes halogenated alkanes) is 1. The maximum Gasteiger partial charge on any atom is 0.297 e.